The van der Waals surface area contributed by atoms with Gasteiger partial charge in [-0.25, -0.2) is 0 Å². The Kier molecular flexibility index (Phi) is 7.43. The first-order chi connectivity index (χ1) is 31.8. The highest BCUT2D eigenvalue weighted by Crippen LogP contribution is 2.49. The van der Waals surface area contributed by atoms with Gasteiger partial charge in [0.2, 0.25) is 0 Å². The van der Waals surface area contributed by atoms with Crippen LogP contribution < -0.4 is 0 Å². The van der Waals surface area contributed by atoms with Crippen LogP contribution in [0.3, 0.4) is 0 Å². The summed E-state index contributed by atoms with van der Waals surface area (Å²) in [4.78, 5) is 0. The normalized spacial score (nSPS) is 12.1. The molecule has 0 saturated heterocycles. The van der Waals surface area contributed by atoms with Crippen LogP contribution in [0.15, 0.2) is 227 Å². The highest BCUT2D eigenvalue weighted by atomic mass is 16.3. The third kappa shape index (κ3) is 5.02. The zero-order chi connectivity index (χ0) is 41.9. The van der Waals surface area contributed by atoms with Gasteiger partial charge in [0.1, 0.15) is 22.3 Å². The summed E-state index contributed by atoms with van der Waals surface area (Å²) >= 11 is 0. The van der Waals surface area contributed by atoms with Crippen molar-refractivity contribution in [3.63, 3.8) is 0 Å². The van der Waals surface area contributed by atoms with Crippen LogP contribution in [0.25, 0.3) is 142 Å². The Morgan fingerprint density at radius 3 is 1.28 bits per heavy atom. The van der Waals surface area contributed by atoms with Crippen molar-refractivity contribution in [2.45, 2.75) is 0 Å². The molecule has 296 valence electrons. The molecular weight excluding hydrogens is 777 g/mol. The lowest BCUT2D eigenvalue weighted by atomic mass is 9.84. The van der Waals surface area contributed by atoms with Crippen LogP contribution in [0.2, 0.25) is 0 Å². The number of hydrogen-bond donors (Lipinski definition) is 0. The summed E-state index contributed by atoms with van der Waals surface area (Å²) < 4.78 is 13.3. The van der Waals surface area contributed by atoms with Crippen LogP contribution in [0.5, 0.6) is 0 Å². The molecule has 2 heterocycles. The fourth-order valence-corrected chi connectivity index (χ4v) is 10.9. The second kappa shape index (κ2) is 13.5. The maximum Gasteiger partial charge on any atom is 0.143 e. The number of furan rings is 2. The van der Waals surface area contributed by atoms with Gasteiger partial charge in [0, 0.05) is 26.9 Å². The van der Waals surface area contributed by atoms with Gasteiger partial charge >= 0.3 is 0 Å². The van der Waals surface area contributed by atoms with E-state index >= 15 is 0 Å². The summed E-state index contributed by atoms with van der Waals surface area (Å²) in [7, 11) is 0. The third-order valence-corrected chi connectivity index (χ3v) is 13.6. The Balaban J connectivity index is 1.02. The quantitative estimate of drug-likeness (QED) is 0.166. The van der Waals surface area contributed by atoms with Gasteiger partial charge in [0.15, 0.2) is 0 Å². The first-order valence-corrected chi connectivity index (χ1v) is 22.0. The van der Waals surface area contributed by atoms with E-state index in [9.17, 15) is 0 Å². The first-order valence-electron chi connectivity index (χ1n) is 22.0. The van der Waals surface area contributed by atoms with E-state index in [1.807, 2.05) is 0 Å². The van der Waals surface area contributed by atoms with Crippen molar-refractivity contribution in [1.82, 2.24) is 0 Å². The minimum absolute atomic E-state index is 0.874. The van der Waals surface area contributed by atoms with E-state index < -0.39 is 0 Å². The van der Waals surface area contributed by atoms with Gasteiger partial charge < -0.3 is 8.83 Å². The van der Waals surface area contributed by atoms with Crippen molar-refractivity contribution in [3.8, 4) is 44.5 Å². The fourth-order valence-electron chi connectivity index (χ4n) is 10.9. The largest absolute Gasteiger partial charge is 0.456 e. The van der Waals surface area contributed by atoms with Crippen LogP contribution in [0.1, 0.15) is 0 Å². The summed E-state index contributed by atoms with van der Waals surface area (Å²) in [5.41, 5.74) is 13.2. The molecule has 0 spiro atoms. The van der Waals surface area contributed by atoms with E-state index in [-0.39, 0.29) is 0 Å². The van der Waals surface area contributed by atoms with Gasteiger partial charge in [-0.05, 0) is 129 Å². The predicted molar refractivity (Wildman–Crippen MR) is 270 cm³/mol. The highest BCUT2D eigenvalue weighted by molar-refractivity contribution is 6.27. The maximum atomic E-state index is 6.76. The topological polar surface area (TPSA) is 26.3 Å². The Labute approximate surface area is 367 Å². The minimum Gasteiger partial charge on any atom is -0.456 e. The molecule has 0 aliphatic heterocycles. The molecule has 14 rings (SSSR count). The van der Waals surface area contributed by atoms with Gasteiger partial charge in [-0.3, -0.25) is 0 Å². The van der Waals surface area contributed by atoms with E-state index in [1.54, 1.807) is 0 Å². The Morgan fingerprint density at radius 1 is 0.234 bits per heavy atom. The minimum atomic E-state index is 0.874. The number of fused-ring (bicyclic) bond motifs is 12. The van der Waals surface area contributed by atoms with E-state index in [0.717, 1.165) is 66.0 Å². The Morgan fingerprint density at radius 2 is 0.703 bits per heavy atom. The molecule has 0 aliphatic carbocycles. The molecule has 2 heteroatoms. The van der Waals surface area contributed by atoms with Crippen LogP contribution >= 0.6 is 0 Å². The number of hydrogen-bond acceptors (Lipinski definition) is 2. The molecule has 0 atom stereocenters. The average molecular weight is 813 g/mol. The molecule has 0 radical (unpaired) electrons. The van der Waals surface area contributed by atoms with E-state index in [0.29, 0.717) is 0 Å². The van der Waals surface area contributed by atoms with Gasteiger partial charge in [-0.1, -0.05) is 182 Å². The second-order valence-corrected chi connectivity index (χ2v) is 17.0. The van der Waals surface area contributed by atoms with Crippen LogP contribution in [0.4, 0.5) is 0 Å². The molecular formula is C62H36O2. The molecule has 0 fully saturated rings. The average Bonchev–Trinajstić information content (AvgIpc) is 3.93. The van der Waals surface area contributed by atoms with Crippen LogP contribution in [-0.4, -0.2) is 0 Å². The van der Waals surface area contributed by atoms with Gasteiger partial charge in [-0.2, -0.15) is 0 Å². The smallest absolute Gasteiger partial charge is 0.143 e. The van der Waals surface area contributed by atoms with E-state index in [4.69, 9.17) is 8.83 Å². The lowest BCUT2D eigenvalue weighted by molar-refractivity contribution is 0.669. The Bertz CT molecular complexity index is 4130. The summed E-state index contributed by atoms with van der Waals surface area (Å²) in [6.07, 6.45) is 0. The van der Waals surface area contributed by atoms with E-state index in [2.05, 4.69) is 218 Å². The molecule has 0 saturated carbocycles. The molecule has 14 aromatic rings. The second-order valence-electron chi connectivity index (χ2n) is 17.0. The van der Waals surface area contributed by atoms with Crippen molar-refractivity contribution >= 4 is 97.7 Å². The summed E-state index contributed by atoms with van der Waals surface area (Å²) in [5, 5.41) is 16.5. The van der Waals surface area contributed by atoms with Gasteiger partial charge in [0.25, 0.3) is 0 Å². The fraction of sp³-hybridized carbons (Fsp3) is 0. The molecule has 0 N–H and O–H groups in total. The van der Waals surface area contributed by atoms with Crippen molar-refractivity contribution < 1.29 is 8.83 Å². The lowest BCUT2D eigenvalue weighted by Gasteiger charge is -2.18. The maximum absolute atomic E-state index is 6.76. The van der Waals surface area contributed by atoms with Crippen molar-refractivity contribution in [2.75, 3.05) is 0 Å². The number of benzene rings is 12. The first kappa shape index (κ1) is 35.2. The molecule has 2 nitrogen and oxygen atoms in total. The van der Waals surface area contributed by atoms with Gasteiger partial charge in [0.05, 0.1) is 0 Å². The van der Waals surface area contributed by atoms with Crippen molar-refractivity contribution in [1.29, 1.82) is 0 Å². The molecule has 12 aromatic carbocycles. The van der Waals surface area contributed by atoms with Crippen molar-refractivity contribution in [2.24, 2.45) is 0 Å². The summed E-state index contributed by atoms with van der Waals surface area (Å²) in [6, 6.07) is 79.3. The Hall–Kier alpha value is -8.46. The molecule has 0 aliphatic rings. The van der Waals surface area contributed by atoms with Gasteiger partial charge in [-0.15, -0.1) is 0 Å². The standard InChI is InChI=1S/C62H36O2/c1-2-16-38(17-3-1)57-42-19-6-8-21-44(42)59(45-22-9-7-20-43(45)57)40-31-34-55-53(36-40)61-51(27-14-28-56(61)63-55)60-48-25-12-10-23-46(48)58(47-24-11-13-26-49(47)60)39-30-33-54-52(35-39)50-32-29-37-15-4-5-18-41(37)62(50)64-54/h1-36H. The monoisotopic (exact) mass is 812 g/mol. The van der Waals surface area contributed by atoms with E-state index in [1.165, 1.54) is 76.3 Å². The number of rotatable bonds is 4. The lowest BCUT2D eigenvalue weighted by Crippen LogP contribution is -1.91. The zero-order valence-electron chi connectivity index (χ0n) is 34.6. The summed E-state index contributed by atoms with van der Waals surface area (Å²) in [6.45, 7) is 0. The predicted octanol–water partition coefficient (Wildman–Crippen LogP) is 17.9. The summed E-state index contributed by atoms with van der Waals surface area (Å²) in [5.74, 6) is 0. The molecule has 2 aromatic heterocycles. The van der Waals surface area contributed by atoms with Crippen LogP contribution in [-0.2, 0) is 0 Å². The highest BCUT2D eigenvalue weighted by Gasteiger charge is 2.23. The third-order valence-electron chi connectivity index (χ3n) is 13.6. The zero-order valence-corrected chi connectivity index (χ0v) is 34.6. The SMILES string of the molecule is c1ccc(-c2c3ccccc3c(-c3ccc4oc5cccc(-c6c7ccccc7c(-c7ccc8oc9c%10ccccc%10ccc9c8c7)c7ccccc67)c5c4c3)c3ccccc23)cc1. The molecule has 0 amide bonds. The molecule has 0 bridgehead atoms. The van der Waals surface area contributed by atoms with Crippen molar-refractivity contribution in [3.05, 3.63) is 218 Å². The molecule has 0 unspecified atom stereocenters. The molecule has 64 heavy (non-hydrogen) atoms. The van der Waals surface area contributed by atoms with Crippen LogP contribution in [0, 0.1) is 0 Å².